The number of thioether (sulfide) groups is 1. The van der Waals surface area contributed by atoms with Crippen LogP contribution in [0.1, 0.15) is 15.9 Å². The molecular weight excluding hydrogens is 417 g/mol. The molecule has 7 heteroatoms. The topological polar surface area (TPSA) is 17.1 Å². The van der Waals surface area contributed by atoms with Crippen LogP contribution in [0.2, 0.25) is 0 Å². The number of carbonyl (C=O) groups is 1. The van der Waals surface area contributed by atoms with Crippen molar-refractivity contribution in [2.45, 2.75) is 11.8 Å². The van der Waals surface area contributed by atoms with Crippen LogP contribution in [0.25, 0.3) is 0 Å². The van der Waals surface area contributed by atoms with Crippen molar-refractivity contribution in [2.75, 3.05) is 6.26 Å². The van der Waals surface area contributed by atoms with Gasteiger partial charge in [-0.25, -0.2) is 0 Å². The number of benzene rings is 1. The molecule has 0 aliphatic carbocycles. The molecule has 90 valence electrons. The van der Waals surface area contributed by atoms with Crippen molar-refractivity contribution >= 4 is 67.6 Å². The van der Waals surface area contributed by atoms with Crippen molar-refractivity contribution in [1.82, 2.24) is 0 Å². The first kappa shape index (κ1) is 17.2. The summed E-state index contributed by atoms with van der Waals surface area (Å²) in [6.45, 7) is 2.01. The van der Waals surface area contributed by atoms with Crippen molar-refractivity contribution in [2.24, 2.45) is 0 Å². The molecule has 1 aromatic carbocycles. The number of hydrogen-bond acceptors (Lipinski definition) is 2. The fraction of sp³-hybridized carbons (Fsp3) is 0.222. The van der Waals surface area contributed by atoms with Gasteiger partial charge in [-0.15, -0.1) is 11.8 Å². The van der Waals surface area contributed by atoms with E-state index in [0.29, 0.717) is 0 Å². The summed E-state index contributed by atoms with van der Waals surface area (Å²) in [5, 5.41) is 0. The third kappa shape index (κ3) is 9.25. The van der Waals surface area contributed by atoms with Crippen LogP contribution in [0.3, 0.4) is 0 Å². The van der Waals surface area contributed by atoms with Crippen molar-refractivity contribution < 1.29 is 4.79 Å². The van der Waals surface area contributed by atoms with Crippen LogP contribution in [0, 0.1) is 6.92 Å². The van der Waals surface area contributed by atoms with E-state index in [2.05, 4.69) is 0 Å². The maximum atomic E-state index is 10.4. The van der Waals surface area contributed by atoms with Gasteiger partial charge >= 0.3 is 49.6 Å². The molecule has 0 bridgehead atoms. The van der Waals surface area contributed by atoms with Gasteiger partial charge in [-0.3, -0.25) is 4.79 Å². The van der Waals surface area contributed by atoms with Gasteiger partial charge in [0, 0.05) is 10.5 Å². The third-order valence-electron chi connectivity index (χ3n) is 1.55. The SMILES string of the molecule is CSc1ccc(C=O)cc1C.[Cl][Sn]([Cl])([Cl])[Cl]. The van der Waals surface area contributed by atoms with E-state index in [-0.39, 0.29) is 0 Å². The van der Waals surface area contributed by atoms with Crippen LogP contribution in [-0.2, 0) is 0 Å². The summed E-state index contributed by atoms with van der Waals surface area (Å²) < 4.78 is 0. The van der Waals surface area contributed by atoms with Crippen LogP contribution in [-0.4, -0.2) is 26.4 Å². The second-order valence-electron chi connectivity index (χ2n) is 2.78. The van der Waals surface area contributed by atoms with Crippen LogP contribution in [0.5, 0.6) is 0 Å². The van der Waals surface area contributed by atoms with Gasteiger partial charge in [0.15, 0.2) is 0 Å². The second kappa shape index (κ2) is 8.33. The fourth-order valence-electron chi connectivity index (χ4n) is 0.975. The predicted octanol–water partition coefficient (Wildman–Crippen LogP) is 4.91. The Balaban J connectivity index is 0.000000385. The average Bonchev–Trinajstić information content (AvgIpc) is 2.15. The van der Waals surface area contributed by atoms with Crippen molar-refractivity contribution in [3.8, 4) is 0 Å². The Morgan fingerprint density at radius 3 is 2.06 bits per heavy atom. The normalized spacial score (nSPS) is 10.4. The molecule has 1 aromatic rings. The zero-order valence-corrected chi connectivity index (χ0v) is 15.3. The molecule has 0 fully saturated rings. The number of hydrogen-bond donors (Lipinski definition) is 0. The molecule has 16 heavy (non-hydrogen) atoms. The number of halogens is 4. The summed E-state index contributed by atoms with van der Waals surface area (Å²) in [5.41, 5.74) is 1.92. The summed E-state index contributed by atoms with van der Waals surface area (Å²) in [7, 11) is 20.1. The van der Waals surface area contributed by atoms with Gasteiger partial charge in [0.1, 0.15) is 6.29 Å². The molecule has 0 aromatic heterocycles. The zero-order valence-electron chi connectivity index (χ0n) is 8.64. The summed E-state index contributed by atoms with van der Waals surface area (Å²) in [6, 6.07) is 5.72. The molecule has 0 saturated carbocycles. The summed E-state index contributed by atoms with van der Waals surface area (Å²) in [4.78, 5) is 11.6. The van der Waals surface area contributed by atoms with Crippen LogP contribution >= 0.6 is 47.4 Å². The first-order valence-electron chi connectivity index (χ1n) is 4.13. The first-order chi connectivity index (χ1) is 7.27. The molecule has 0 heterocycles. The zero-order chi connectivity index (χ0) is 12.8. The second-order valence-corrected chi connectivity index (χ2v) is 29.1. The van der Waals surface area contributed by atoms with Crippen molar-refractivity contribution in [1.29, 1.82) is 0 Å². The summed E-state index contributed by atoms with van der Waals surface area (Å²) in [5.74, 6) is 0. The molecule has 0 aliphatic heterocycles. The van der Waals surface area contributed by atoms with Gasteiger partial charge in [0.2, 0.25) is 0 Å². The number of aryl methyl sites for hydroxylation is 1. The maximum absolute atomic E-state index is 10.4. The summed E-state index contributed by atoms with van der Waals surface area (Å²) >= 11 is -1.59. The van der Waals surface area contributed by atoms with E-state index in [1.165, 1.54) is 10.5 Å². The van der Waals surface area contributed by atoms with Crippen LogP contribution < -0.4 is 0 Å². The molecule has 0 radical (unpaired) electrons. The van der Waals surface area contributed by atoms with E-state index in [9.17, 15) is 4.79 Å². The van der Waals surface area contributed by atoms with Crippen molar-refractivity contribution in [3.63, 3.8) is 0 Å². The minimum absolute atomic E-state index is 0.750. The van der Waals surface area contributed by atoms with E-state index < -0.39 is 13.9 Å². The Kier molecular flexibility index (Phi) is 8.95. The predicted molar refractivity (Wildman–Crippen MR) is 77.5 cm³/mol. The van der Waals surface area contributed by atoms with Gasteiger partial charge in [0.25, 0.3) is 0 Å². The monoisotopic (exact) mass is 426 g/mol. The van der Waals surface area contributed by atoms with Gasteiger partial charge < -0.3 is 0 Å². The van der Waals surface area contributed by atoms with Gasteiger partial charge in [-0.2, -0.15) is 0 Å². The molecule has 1 nitrogen and oxygen atoms in total. The minimum atomic E-state index is -3.29. The van der Waals surface area contributed by atoms with Crippen molar-refractivity contribution in [3.05, 3.63) is 29.3 Å². The molecular formula is C9H10Cl4OSSn. The van der Waals surface area contributed by atoms with Gasteiger partial charge in [-0.1, -0.05) is 6.07 Å². The number of rotatable bonds is 2. The number of carbonyl (C=O) groups excluding carboxylic acids is 1. The van der Waals surface area contributed by atoms with Gasteiger partial charge in [-0.05, 0) is 30.9 Å². The van der Waals surface area contributed by atoms with E-state index >= 15 is 0 Å². The summed E-state index contributed by atoms with van der Waals surface area (Å²) in [6.07, 6.45) is 2.90. The quantitative estimate of drug-likeness (QED) is 0.380. The molecule has 0 spiro atoms. The average molecular weight is 427 g/mol. The standard InChI is InChI=1S/C9H10OS.4ClH.Sn/c1-7-5-8(6-10)3-4-9(7)11-2;;;;;/h3-6H,1-2H3;4*1H;/q;;;;;+4/p-4. The molecule has 0 unspecified atom stereocenters. The third-order valence-corrected chi connectivity index (χ3v) is 2.45. The fourth-order valence-corrected chi connectivity index (χ4v) is 1.56. The molecule has 0 saturated heterocycles. The molecule has 0 amide bonds. The molecule has 0 aliphatic rings. The van der Waals surface area contributed by atoms with E-state index in [1.54, 1.807) is 11.8 Å². The Hall–Kier alpha value is 1.20. The Morgan fingerprint density at radius 1 is 1.25 bits per heavy atom. The van der Waals surface area contributed by atoms with E-state index in [4.69, 9.17) is 35.7 Å². The first-order valence-corrected chi connectivity index (χ1v) is 19.8. The van der Waals surface area contributed by atoms with E-state index in [0.717, 1.165) is 11.8 Å². The molecule has 0 atom stereocenters. The Labute approximate surface area is 119 Å². The van der Waals surface area contributed by atoms with Crippen LogP contribution in [0.4, 0.5) is 0 Å². The Bertz CT molecular complexity index is 348. The number of aldehydes is 1. The molecule has 0 N–H and O–H groups in total. The Morgan fingerprint density at radius 2 is 1.75 bits per heavy atom. The van der Waals surface area contributed by atoms with Crippen LogP contribution in [0.15, 0.2) is 23.1 Å². The van der Waals surface area contributed by atoms with E-state index in [1.807, 2.05) is 31.4 Å². The van der Waals surface area contributed by atoms with Gasteiger partial charge in [0.05, 0.1) is 0 Å². The molecule has 1 rings (SSSR count).